The maximum atomic E-state index is 13.1. The minimum absolute atomic E-state index is 0.0383. The summed E-state index contributed by atoms with van der Waals surface area (Å²) in [6, 6.07) is 5.10. The number of methoxy groups -OCH3 is 2. The van der Waals surface area contributed by atoms with Gasteiger partial charge in [0.1, 0.15) is 0 Å². The molecule has 1 fully saturated rings. The molecule has 1 saturated heterocycles. The molecule has 13 heteroatoms. The summed E-state index contributed by atoms with van der Waals surface area (Å²) in [6.07, 6.45) is 2.80. The SMILES string of the molecule is COc1nc(NCCCN2CCOCC2)nc(OC)c1NC(=O)c1ccc(Oc2cc([Si](C)(C)C)cnc2C)o1. The number of amides is 1. The van der Waals surface area contributed by atoms with Gasteiger partial charge in [0.2, 0.25) is 17.7 Å². The number of nitrogens with zero attached hydrogens (tertiary/aromatic N) is 4. The highest BCUT2D eigenvalue weighted by Crippen LogP contribution is 2.33. The highest BCUT2D eigenvalue weighted by molar-refractivity contribution is 6.88. The summed E-state index contributed by atoms with van der Waals surface area (Å²) >= 11 is 0. The molecule has 216 valence electrons. The summed E-state index contributed by atoms with van der Waals surface area (Å²) < 4.78 is 27.9. The van der Waals surface area contributed by atoms with Gasteiger partial charge in [0.25, 0.3) is 11.9 Å². The van der Waals surface area contributed by atoms with Gasteiger partial charge in [0.15, 0.2) is 17.2 Å². The van der Waals surface area contributed by atoms with Crippen molar-refractivity contribution >= 4 is 30.8 Å². The van der Waals surface area contributed by atoms with Crippen molar-refractivity contribution in [3.63, 3.8) is 0 Å². The van der Waals surface area contributed by atoms with Gasteiger partial charge in [-0.15, -0.1) is 0 Å². The average molecular weight is 571 g/mol. The quantitative estimate of drug-likeness (QED) is 0.245. The third-order valence-electron chi connectivity index (χ3n) is 6.43. The molecule has 3 aromatic heterocycles. The summed E-state index contributed by atoms with van der Waals surface area (Å²) in [7, 11) is 1.34. The highest BCUT2D eigenvalue weighted by atomic mass is 28.3. The first-order chi connectivity index (χ1) is 19.2. The van der Waals surface area contributed by atoms with Gasteiger partial charge >= 0.3 is 0 Å². The molecule has 0 aliphatic carbocycles. The van der Waals surface area contributed by atoms with E-state index in [4.69, 9.17) is 23.4 Å². The van der Waals surface area contributed by atoms with Crippen molar-refractivity contribution in [2.24, 2.45) is 0 Å². The largest absolute Gasteiger partial charge is 0.479 e. The second-order valence-electron chi connectivity index (χ2n) is 10.4. The maximum absolute atomic E-state index is 13.1. The molecule has 0 saturated carbocycles. The van der Waals surface area contributed by atoms with Crippen LogP contribution >= 0.6 is 0 Å². The fourth-order valence-corrected chi connectivity index (χ4v) is 5.05. The number of morpholine rings is 1. The van der Waals surface area contributed by atoms with Crippen molar-refractivity contribution < 1.29 is 28.2 Å². The molecule has 2 N–H and O–H groups in total. The molecule has 0 radical (unpaired) electrons. The molecular formula is C27H38N6O6Si. The lowest BCUT2D eigenvalue weighted by Crippen LogP contribution is -2.37. The Hall–Kier alpha value is -3.68. The van der Waals surface area contributed by atoms with E-state index in [2.05, 4.69) is 50.1 Å². The van der Waals surface area contributed by atoms with E-state index in [1.807, 2.05) is 19.2 Å². The number of pyridine rings is 1. The Labute approximate surface area is 235 Å². The van der Waals surface area contributed by atoms with Crippen LogP contribution in [-0.4, -0.2) is 87.4 Å². The number of ether oxygens (including phenoxy) is 4. The summed E-state index contributed by atoms with van der Waals surface area (Å²) in [4.78, 5) is 28.7. The molecule has 0 aromatic carbocycles. The van der Waals surface area contributed by atoms with Gasteiger partial charge in [-0.2, -0.15) is 9.97 Å². The van der Waals surface area contributed by atoms with Crippen LogP contribution in [0.2, 0.25) is 19.6 Å². The van der Waals surface area contributed by atoms with E-state index < -0.39 is 14.0 Å². The van der Waals surface area contributed by atoms with Gasteiger partial charge in [-0.05, 0) is 37.2 Å². The molecule has 1 aliphatic rings. The summed E-state index contributed by atoms with van der Waals surface area (Å²) in [5.74, 6) is 0.920. The van der Waals surface area contributed by atoms with Crippen LogP contribution in [0, 0.1) is 6.92 Å². The number of furan rings is 1. The first kappa shape index (κ1) is 29.3. The number of hydrogen-bond donors (Lipinski definition) is 2. The number of nitrogens with one attached hydrogen (secondary N) is 2. The Morgan fingerprint density at radius 3 is 2.45 bits per heavy atom. The molecule has 1 aliphatic heterocycles. The summed E-state index contributed by atoms with van der Waals surface area (Å²) in [5.41, 5.74) is 0.918. The van der Waals surface area contributed by atoms with Crippen LogP contribution in [-0.2, 0) is 4.74 Å². The number of rotatable bonds is 12. The van der Waals surface area contributed by atoms with Crippen LogP contribution in [0.15, 0.2) is 28.8 Å². The van der Waals surface area contributed by atoms with Crippen molar-refractivity contribution in [2.45, 2.75) is 33.0 Å². The van der Waals surface area contributed by atoms with Crippen molar-refractivity contribution in [3.05, 3.63) is 35.9 Å². The van der Waals surface area contributed by atoms with E-state index in [0.29, 0.717) is 18.2 Å². The van der Waals surface area contributed by atoms with Gasteiger partial charge in [0.05, 0.1) is 41.2 Å². The lowest BCUT2D eigenvalue weighted by molar-refractivity contribution is 0.0378. The fraction of sp³-hybridized carbons (Fsp3) is 0.481. The second kappa shape index (κ2) is 13.1. The number of carbonyl (C=O) groups is 1. The van der Waals surface area contributed by atoms with E-state index in [9.17, 15) is 4.79 Å². The molecule has 4 heterocycles. The zero-order chi connectivity index (χ0) is 28.7. The first-order valence-corrected chi connectivity index (χ1v) is 16.8. The van der Waals surface area contributed by atoms with E-state index in [1.54, 1.807) is 6.07 Å². The smallest absolute Gasteiger partial charge is 0.291 e. The zero-order valence-corrected chi connectivity index (χ0v) is 25.0. The van der Waals surface area contributed by atoms with E-state index >= 15 is 0 Å². The molecule has 1 amide bonds. The van der Waals surface area contributed by atoms with Gasteiger partial charge in [-0.25, -0.2) is 0 Å². The van der Waals surface area contributed by atoms with E-state index in [1.165, 1.54) is 20.3 Å². The van der Waals surface area contributed by atoms with Gasteiger partial charge < -0.3 is 34.0 Å². The molecule has 40 heavy (non-hydrogen) atoms. The Bertz CT molecular complexity index is 1280. The van der Waals surface area contributed by atoms with Crippen LogP contribution in [0.3, 0.4) is 0 Å². The van der Waals surface area contributed by atoms with Crippen molar-refractivity contribution in [3.8, 4) is 23.5 Å². The fourth-order valence-electron chi connectivity index (χ4n) is 4.04. The third-order valence-corrected chi connectivity index (χ3v) is 8.43. The third kappa shape index (κ3) is 7.49. The second-order valence-corrected chi connectivity index (χ2v) is 15.5. The number of hydrogen-bond acceptors (Lipinski definition) is 11. The Balaban J connectivity index is 1.41. The molecule has 3 aromatic rings. The molecular weight excluding hydrogens is 532 g/mol. The van der Waals surface area contributed by atoms with Crippen LogP contribution < -0.4 is 30.0 Å². The summed E-state index contributed by atoms with van der Waals surface area (Å²) in [6.45, 7) is 13.6. The lowest BCUT2D eigenvalue weighted by atomic mass is 10.3. The molecule has 12 nitrogen and oxygen atoms in total. The number of carbonyl (C=O) groups excluding carboxylic acids is 1. The van der Waals surface area contributed by atoms with Crippen molar-refractivity contribution in [2.75, 3.05) is 64.2 Å². The molecule has 0 spiro atoms. The Morgan fingerprint density at radius 2 is 1.80 bits per heavy atom. The molecule has 0 atom stereocenters. The maximum Gasteiger partial charge on any atom is 0.291 e. The first-order valence-electron chi connectivity index (χ1n) is 13.3. The predicted octanol–water partition coefficient (Wildman–Crippen LogP) is 3.51. The average Bonchev–Trinajstić information content (AvgIpc) is 3.41. The molecule has 0 bridgehead atoms. The van der Waals surface area contributed by atoms with Gasteiger partial charge in [-0.3, -0.25) is 14.7 Å². The van der Waals surface area contributed by atoms with Crippen LogP contribution in [0.4, 0.5) is 11.6 Å². The van der Waals surface area contributed by atoms with Crippen LogP contribution in [0.5, 0.6) is 23.5 Å². The van der Waals surface area contributed by atoms with E-state index in [0.717, 1.165) is 50.1 Å². The van der Waals surface area contributed by atoms with Gasteiger partial charge in [0, 0.05) is 31.9 Å². The molecule has 4 rings (SSSR count). The lowest BCUT2D eigenvalue weighted by Gasteiger charge is -2.26. The summed E-state index contributed by atoms with van der Waals surface area (Å²) in [5, 5.41) is 7.09. The van der Waals surface area contributed by atoms with Crippen LogP contribution in [0.1, 0.15) is 22.7 Å². The number of aryl methyl sites for hydroxylation is 1. The van der Waals surface area contributed by atoms with Gasteiger partial charge in [-0.1, -0.05) is 19.6 Å². The number of aromatic nitrogens is 3. The minimum Gasteiger partial charge on any atom is -0.479 e. The van der Waals surface area contributed by atoms with Crippen molar-refractivity contribution in [1.29, 1.82) is 0 Å². The van der Waals surface area contributed by atoms with E-state index in [-0.39, 0.29) is 29.2 Å². The standard InChI is InChI=1S/C27H38N6O6Si/c1-18-21(16-19(17-29-18)40(4,5)6)39-22-9-8-20(38-22)24(34)30-23-25(35-2)31-27(32-26(23)36-3)28-10-7-11-33-12-14-37-15-13-33/h8-9,16-17H,7,10-15H2,1-6H3,(H,30,34)(H,28,31,32). The minimum atomic E-state index is -1.58. The monoisotopic (exact) mass is 570 g/mol. The Morgan fingerprint density at radius 1 is 1.10 bits per heavy atom. The zero-order valence-electron chi connectivity index (χ0n) is 24.0. The normalized spacial score (nSPS) is 14.1. The van der Waals surface area contributed by atoms with Crippen LogP contribution in [0.25, 0.3) is 0 Å². The number of anilines is 2. The highest BCUT2D eigenvalue weighted by Gasteiger charge is 2.23. The predicted molar refractivity (Wildman–Crippen MR) is 154 cm³/mol. The Kier molecular flexibility index (Phi) is 9.61. The molecule has 0 unspecified atom stereocenters. The van der Waals surface area contributed by atoms with Crippen molar-refractivity contribution in [1.82, 2.24) is 19.9 Å². The topological polar surface area (TPSA) is 133 Å².